The second-order valence-corrected chi connectivity index (χ2v) is 4.85. The summed E-state index contributed by atoms with van der Waals surface area (Å²) < 4.78 is 5.67. The van der Waals surface area contributed by atoms with E-state index in [0.717, 1.165) is 37.1 Å². The molecule has 0 aromatic heterocycles. The number of nitrogens with one attached hydrogen (secondary N) is 1. The molecule has 1 aromatic rings. The van der Waals surface area contributed by atoms with Gasteiger partial charge in [-0.05, 0) is 37.1 Å². The fourth-order valence-corrected chi connectivity index (χ4v) is 2.29. The Morgan fingerprint density at radius 1 is 1.18 bits per heavy atom. The van der Waals surface area contributed by atoms with Crippen LogP contribution >= 0.6 is 0 Å². The first-order valence-electron chi connectivity index (χ1n) is 6.35. The molecule has 0 radical (unpaired) electrons. The highest BCUT2D eigenvalue weighted by Gasteiger charge is 2.29. The predicted octanol–water partition coefficient (Wildman–Crippen LogP) is 2.80. The van der Waals surface area contributed by atoms with Gasteiger partial charge in [-0.25, -0.2) is 0 Å². The lowest BCUT2D eigenvalue weighted by molar-refractivity contribution is -0.0338. The molecular formula is C14H21NO2. The second kappa shape index (κ2) is 5.41. The number of hydrogen-bond donors (Lipinski definition) is 2. The molecule has 1 aliphatic carbocycles. The monoisotopic (exact) mass is 235 g/mol. The van der Waals surface area contributed by atoms with Crippen molar-refractivity contribution in [3.05, 3.63) is 24.3 Å². The Balaban J connectivity index is 1.87. The van der Waals surface area contributed by atoms with Crippen LogP contribution < -0.4 is 10.1 Å². The van der Waals surface area contributed by atoms with Gasteiger partial charge in [-0.3, -0.25) is 0 Å². The van der Waals surface area contributed by atoms with Crippen LogP contribution in [0, 0.1) is 0 Å². The molecule has 0 aliphatic heterocycles. The molecule has 17 heavy (non-hydrogen) atoms. The zero-order valence-corrected chi connectivity index (χ0v) is 10.4. The molecule has 0 heterocycles. The van der Waals surface area contributed by atoms with E-state index in [1.54, 1.807) is 0 Å². The van der Waals surface area contributed by atoms with E-state index < -0.39 is 5.60 Å². The highest BCUT2D eigenvalue weighted by atomic mass is 16.5. The summed E-state index contributed by atoms with van der Waals surface area (Å²) in [5, 5.41) is 13.4. The Morgan fingerprint density at radius 3 is 2.41 bits per heavy atom. The molecule has 1 saturated carbocycles. The molecule has 1 aliphatic rings. The zero-order chi connectivity index (χ0) is 12.1. The average Bonchev–Trinajstić information content (AvgIpc) is 2.38. The minimum Gasteiger partial charge on any atom is -0.491 e. The smallest absolute Gasteiger partial charge is 0.119 e. The summed E-state index contributed by atoms with van der Waals surface area (Å²) in [5.41, 5.74) is 0.452. The van der Waals surface area contributed by atoms with Crippen molar-refractivity contribution in [3.63, 3.8) is 0 Å². The molecule has 1 fully saturated rings. The van der Waals surface area contributed by atoms with Crippen molar-refractivity contribution in [1.29, 1.82) is 0 Å². The summed E-state index contributed by atoms with van der Waals surface area (Å²) in [6.07, 6.45) is 5.18. The molecule has 2 N–H and O–H groups in total. The standard InChI is InChI=1S/C14H21NO2/c1-15-12-5-7-13(8-6-12)17-11-14(16)9-3-2-4-10-14/h5-8,15-16H,2-4,9-11H2,1H3. The van der Waals surface area contributed by atoms with Crippen LogP contribution in [0.4, 0.5) is 5.69 Å². The van der Waals surface area contributed by atoms with Crippen LogP contribution in [0.5, 0.6) is 5.75 Å². The van der Waals surface area contributed by atoms with Crippen LogP contribution in [-0.2, 0) is 0 Å². The van der Waals surface area contributed by atoms with E-state index in [4.69, 9.17) is 4.74 Å². The molecule has 0 amide bonds. The van der Waals surface area contributed by atoms with Gasteiger partial charge in [0, 0.05) is 12.7 Å². The maximum absolute atomic E-state index is 10.3. The van der Waals surface area contributed by atoms with Crippen molar-refractivity contribution >= 4 is 5.69 Å². The SMILES string of the molecule is CNc1ccc(OCC2(O)CCCCC2)cc1. The van der Waals surface area contributed by atoms with E-state index >= 15 is 0 Å². The Morgan fingerprint density at radius 2 is 1.82 bits per heavy atom. The first-order chi connectivity index (χ1) is 8.22. The number of benzene rings is 1. The van der Waals surface area contributed by atoms with E-state index in [9.17, 15) is 5.11 Å². The first kappa shape index (κ1) is 12.2. The number of hydrogen-bond acceptors (Lipinski definition) is 3. The molecule has 94 valence electrons. The van der Waals surface area contributed by atoms with Crippen LogP contribution in [-0.4, -0.2) is 24.4 Å². The normalized spacial score (nSPS) is 18.7. The number of anilines is 1. The molecule has 1 aromatic carbocycles. The third-order valence-corrected chi connectivity index (χ3v) is 3.43. The summed E-state index contributed by atoms with van der Waals surface area (Å²) in [6, 6.07) is 7.80. The van der Waals surface area contributed by atoms with Gasteiger partial charge in [0.25, 0.3) is 0 Å². The van der Waals surface area contributed by atoms with Gasteiger partial charge in [0.1, 0.15) is 12.4 Å². The van der Waals surface area contributed by atoms with E-state index in [0.29, 0.717) is 6.61 Å². The molecule has 2 rings (SSSR count). The van der Waals surface area contributed by atoms with Crippen molar-refractivity contribution in [2.75, 3.05) is 19.0 Å². The zero-order valence-electron chi connectivity index (χ0n) is 10.4. The summed E-state index contributed by atoms with van der Waals surface area (Å²) >= 11 is 0. The van der Waals surface area contributed by atoms with Gasteiger partial charge >= 0.3 is 0 Å². The maximum Gasteiger partial charge on any atom is 0.119 e. The fourth-order valence-electron chi connectivity index (χ4n) is 2.29. The van der Waals surface area contributed by atoms with Crippen LogP contribution in [0.1, 0.15) is 32.1 Å². The number of rotatable bonds is 4. The van der Waals surface area contributed by atoms with Crippen molar-refractivity contribution < 1.29 is 9.84 Å². The lowest BCUT2D eigenvalue weighted by Crippen LogP contribution is -2.37. The summed E-state index contributed by atoms with van der Waals surface area (Å²) in [6.45, 7) is 0.409. The van der Waals surface area contributed by atoms with Crippen molar-refractivity contribution in [2.24, 2.45) is 0 Å². The van der Waals surface area contributed by atoms with E-state index in [1.165, 1.54) is 6.42 Å². The molecule has 0 bridgehead atoms. The van der Waals surface area contributed by atoms with Crippen molar-refractivity contribution in [3.8, 4) is 5.75 Å². The average molecular weight is 235 g/mol. The molecular weight excluding hydrogens is 214 g/mol. The van der Waals surface area contributed by atoms with E-state index in [1.807, 2.05) is 31.3 Å². The van der Waals surface area contributed by atoms with Crippen LogP contribution in [0.3, 0.4) is 0 Å². The molecule has 3 heteroatoms. The molecule has 0 atom stereocenters. The Bertz CT molecular complexity index is 342. The highest BCUT2D eigenvalue weighted by molar-refractivity contribution is 5.45. The summed E-state index contributed by atoms with van der Waals surface area (Å²) in [4.78, 5) is 0. The van der Waals surface area contributed by atoms with Gasteiger partial charge in [0.2, 0.25) is 0 Å². The molecule has 0 saturated heterocycles. The molecule has 3 nitrogen and oxygen atoms in total. The van der Waals surface area contributed by atoms with E-state index in [-0.39, 0.29) is 0 Å². The van der Waals surface area contributed by atoms with Gasteiger partial charge in [0.05, 0.1) is 5.60 Å². The van der Waals surface area contributed by atoms with Crippen molar-refractivity contribution in [2.45, 2.75) is 37.7 Å². The largest absolute Gasteiger partial charge is 0.491 e. The maximum atomic E-state index is 10.3. The Kier molecular flexibility index (Phi) is 3.89. The Hall–Kier alpha value is -1.22. The minimum atomic E-state index is -0.611. The highest BCUT2D eigenvalue weighted by Crippen LogP contribution is 2.28. The van der Waals surface area contributed by atoms with Gasteiger partial charge in [0.15, 0.2) is 0 Å². The third-order valence-electron chi connectivity index (χ3n) is 3.43. The third kappa shape index (κ3) is 3.37. The van der Waals surface area contributed by atoms with Gasteiger partial charge in [-0.15, -0.1) is 0 Å². The Labute approximate surface area is 103 Å². The molecule has 0 unspecified atom stereocenters. The van der Waals surface area contributed by atoms with Gasteiger partial charge in [-0.2, -0.15) is 0 Å². The molecule has 0 spiro atoms. The first-order valence-corrected chi connectivity index (χ1v) is 6.35. The van der Waals surface area contributed by atoms with Crippen molar-refractivity contribution in [1.82, 2.24) is 0 Å². The van der Waals surface area contributed by atoms with Crippen LogP contribution in [0.25, 0.3) is 0 Å². The van der Waals surface area contributed by atoms with Gasteiger partial charge in [-0.1, -0.05) is 19.3 Å². The predicted molar refractivity (Wildman–Crippen MR) is 69.5 cm³/mol. The van der Waals surface area contributed by atoms with E-state index in [2.05, 4.69) is 5.32 Å². The quantitative estimate of drug-likeness (QED) is 0.843. The number of aliphatic hydroxyl groups is 1. The second-order valence-electron chi connectivity index (χ2n) is 4.85. The lowest BCUT2D eigenvalue weighted by Gasteiger charge is -2.31. The van der Waals surface area contributed by atoms with Crippen LogP contribution in [0.2, 0.25) is 0 Å². The number of ether oxygens (including phenoxy) is 1. The minimum absolute atomic E-state index is 0.409. The fraction of sp³-hybridized carbons (Fsp3) is 0.571. The lowest BCUT2D eigenvalue weighted by atomic mass is 9.85. The summed E-state index contributed by atoms with van der Waals surface area (Å²) in [5.74, 6) is 0.822. The topological polar surface area (TPSA) is 41.5 Å². The van der Waals surface area contributed by atoms with Crippen LogP contribution in [0.15, 0.2) is 24.3 Å². The summed E-state index contributed by atoms with van der Waals surface area (Å²) in [7, 11) is 1.89. The van der Waals surface area contributed by atoms with Gasteiger partial charge < -0.3 is 15.2 Å².